The fourth-order valence-corrected chi connectivity index (χ4v) is 2.21. The number of primary amides is 1. The molecule has 2 aromatic rings. The number of hydrogen-bond donors (Lipinski definition) is 2. The lowest BCUT2D eigenvalue weighted by atomic mass is 10.1. The van der Waals surface area contributed by atoms with Crippen molar-refractivity contribution in [3.05, 3.63) is 59.2 Å². The van der Waals surface area contributed by atoms with Gasteiger partial charge in [-0.1, -0.05) is 18.2 Å². The van der Waals surface area contributed by atoms with Gasteiger partial charge in [0.15, 0.2) is 0 Å². The Morgan fingerprint density at radius 3 is 2.22 bits per heavy atom. The number of carbonyl (C=O) groups is 2. The zero-order valence-electron chi connectivity index (χ0n) is 13.3. The van der Waals surface area contributed by atoms with Crippen LogP contribution in [-0.2, 0) is 4.79 Å². The number of nitrogens with two attached hydrogens (primary N) is 1. The molecule has 2 aromatic carbocycles. The van der Waals surface area contributed by atoms with Crippen LogP contribution in [0.4, 0.5) is 5.69 Å². The molecular formula is C18H20N2O3. The monoisotopic (exact) mass is 312 g/mol. The summed E-state index contributed by atoms with van der Waals surface area (Å²) in [7, 11) is 0. The van der Waals surface area contributed by atoms with E-state index in [2.05, 4.69) is 5.32 Å². The first-order valence-corrected chi connectivity index (χ1v) is 7.36. The van der Waals surface area contributed by atoms with Crippen LogP contribution in [-0.4, -0.2) is 18.4 Å². The highest BCUT2D eigenvalue weighted by atomic mass is 16.5. The van der Waals surface area contributed by atoms with Crippen LogP contribution in [0.3, 0.4) is 0 Å². The standard InChI is InChI=1S/C18H20N2O3/c1-12-4-3-5-13(2)17(12)23-11-10-16(21)20-15-8-6-14(7-9-15)18(19)22/h3-9H,10-11H2,1-2H3,(H2,19,22)(H,20,21). The maximum atomic E-state index is 11.9. The summed E-state index contributed by atoms with van der Waals surface area (Å²) >= 11 is 0. The van der Waals surface area contributed by atoms with Crippen molar-refractivity contribution >= 4 is 17.5 Å². The second-order valence-electron chi connectivity index (χ2n) is 5.31. The van der Waals surface area contributed by atoms with Gasteiger partial charge in [0.05, 0.1) is 13.0 Å². The summed E-state index contributed by atoms with van der Waals surface area (Å²) < 4.78 is 5.70. The predicted molar refractivity (Wildman–Crippen MR) is 89.6 cm³/mol. The molecule has 0 aliphatic rings. The van der Waals surface area contributed by atoms with Gasteiger partial charge in [-0.2, -0.15) is 0 Å². The highest BCUT2D eigenvalue weighted by Crippen LogP contribution is 2.22. The Balaban J connectivity index is 1.84. The third-order valence-electron chi connectivity index (χ3n) is 3.44. The minimum absolute atomic E-state index is 0.150. The summed E-state index contributed by atoms with van der Waals surface area (Å²) in [5.41, 5.74) is 8.29. The Morgan fingerprint density at radius 1 is 1.04 bits per heavy atom. The van der Waals surface area contributed by atoms with Crippen molar-refractivity contribution in [2.75, 3.05) is 11.9 Å². The van der Waals surface area contributed by atoms with Crippen molar-refractivity contribution in [1.29, 1.82) is 0 Å². The largest absolute Gasteiger partial charge is 0.493 e. The number of amides is 2. The van der Waals surface area contributed by atoms with Gasteiger partial charge >= 0.3 is 0 Å². The van der Waals surface area contributed by atoms with Gasteiger partial charge in [-0.3, -0.25) is 9.59 Å². The zero-order valence-corrected chi connectivity index (χ0v) is 13.3. The number of rotatable bonds is 6. The molecule has 0 aliphatic heterocycles. The van der Waals surface area contributed by atoms with E-state index in [9.17, 15) is 9.59 Å². The fraction of sp³-hybridized carbons (Fsp3) is 0.222. The molecule has 5 heteroatoms. The lowest BCUT2D eigenvalue weighted by molar-refractivity contribution is -0.116. The smallest absolute Gasteiger partial charge is 0.248 e. The third kappa shape index (κ3) is 4.57. The number of nitrogens with one attached hydrogen (secondary N) is 1. The van der Waals surface area contributed by atoms with Crippen molar-refractivity contribution in [2.45, 2.75) is 20.3 Å². The average Bonchev–Trinajstić information content (AvgIpc) is 2.51. The van der Waals surface area contributed by atoms with E-state index in [0.717, 1.165) is 16.9 Å². The molecule has 0 unspecified atom stereocenters. The van der Waals surface area contributed by atoms with E-state index in [-0.39, 0.29) is 12.3 Å². The van der Waals surface area contributed by atoms with Gasteiger partial charge in [0.25, 0.3) is 0 Å². The fourth-order valence-electron chi connectivity index (χ4n) is 2.21. The molecule has 0 heterocycles. The number of anilines is 1. The van der Waals surface area contributed by atoms with Crippen LogP contribution in [0.2, 0.25) is 0 Å². The van der Waals surface area contributed by atoms with Crippen molar-refractivity contribution in [3.8, 4) is 5.75 Å². The molecule has 0 atom stereocenters. The van der Waals surface area contributed by atoms with E-state index in [1.54, 1.807) is 24.3 Å². The summed E-state index contributed by atoms with van der Waals surface area (Å²) in [5, 5.41) is 2.75. The van der Waals surface area contributed by atoms with Gasteiger partial charge in [0, 0.05) is 11.3 Å². The number of benzene rings is 2. The molecule has 23 heavy (non-hydrogen) atoms. The minimum Gasteiger partial charge on any atom is -0.493 e. The molecule has 0 radical (unpaired) electrons. The predicted octanol–water partition coefficient (Wildman–Crippen LogP) is 2.81. The normalized spacial score (nSPS) is 10.2. The molecule has 0 saturated heterocycles. The first kappa shape index (κ1) is 16.5. The molecule has 0 spiro atoms. The van der Waals surface area contributed by atoms with E-state index >= 15 is 0 Å². The molecule has 0 aromatic heterocycles. The highest BCUT2D eigenvalue weighted by molar-refractivity contribution is 5.94. The van der Waals surface area contributed by atoms with Crippen LogP contribution in [0.15, 0.2) is 42.5 Å². The van der Waals surface area contributed by atoms with Crippen LogP contribution in [0.25, 0.3) is 0 Å². The summed E-state index contributed by atoms with van der Waals surface area (Å²) in [6.07, 6.45) is 0.241. The quantitative estimate of drug-likeness (QED) is 0.860. The van der Waals surface area contributed by atoms with Gasteiger partial charge in [-0.15, -0.1) is 0 Å². The van der Waals surface area contributed by atoms with Gasteiger partial charge < -0.3 is 15.8 Å². The third-order valence-corrected chi connectivity index (χ3v) is 3.44. The summed E-state index contributed by atoms with van der Waals surface area (Å²) in [6, 6.07) is 12.4. The van der Waals surface area contributed by atoms with Crippen LogP contribution >= 0.6 is 0 Å². The zero-order chi connectivity index (χ0) is 16.8. The summed E-state index contributed by atoms with van der Waals surface area (Å²) in [6.45, 7) is 4.25. The van der Waals surface area contributed by atoms with Crippen molar-refractivity contribution in [3.63, 3.8) is 0 Å². The molecule has 0 saturated carbocycles. The Labute approximate surface area is 135 Å². The Morgan fingerprint density at radius 2 is 1.65 bits per heavy atom. The van der Waals surface area contributed by atoms with Crippen molar-refractivity contribution in [2.24, 2.45) is 5.73 Å². The molecule has 0 aliphatic carbocycles. The van der Waals surface area contributed by atoms with Gasteiger partial charge in [0.2, 0.25) is 11.8 Å². The average molecular weight is 312 g/mol. The Kier molecular flexibility index (Phi) is 5.36. The van der Waals surface area contributed by atoms with E-state index < -0.39 is 5.91 Å². The second-order valence-corrected chi connectivity index (χ2v) is 5.31. The minimum atomic E-state index is -0.495. The molecule has 0 fully saturated rings. The van der Waals surface area contributed by atoms with E-state index in [4.69, 9.17) is 10.5 Å². The van der Waals surface area contributed by atoms with E-state index in [0.29, 0.717) is 17.9 Å². The maximum absolute atomic E-state index is 11.9. The number of ether oxygens (including phenoxy) is 1. The van der Waals surface area contributed by atoms with Crippen molar-refractivity contribution < 1.29 is 14.3 Å². The first-order chi connectivity index (χ1) is 11.0. The van der Waals surface area contributed by atoms with Crippen LogP contribution in [0.1, 0.15) is 27.9 Å². The summed E-state index contributed by atoms with van der Waals surface area (Å²) in [5.74, 6) is 0.180. The van der Waals surface area contributed by atoms with Crippen molar-refractivity contribution in [1.82, 2.24) is 0 Å². The Bertz CT molecular complexity index is 688. The SMILES string of the molecule is Cc1cccc(C)c1OCCC(=O)Nc1ccc(C(N)=O)cc1. The van der Waals surface area contributed by atoms with Crippen LogP contribution in [0, 0.1) is 13.8 Å². The number of aryl methyl sites for hydroxylation is 2. The van der Waals surface area contributed by atoms with Gasteiger partial charge in [-0.25, -0.2) is 0 Å². The van der Waals surface area contributed by atoms with Gasteiger partial charge in [-0.05, 0) is 49.2 Å². The maximum Gasteiger partial charge on any atom is 0.248 e. The summed E-state index contributed by atoms with van der Waals surface area (Å²) in [4.78, 5) is 22.9. The molecule has 2 rings (SSSR count). The van der Waals surface area contributed by atoms with E-state index in [1.165, 1.54) is 0 Å². The highest BCUT2D eigenvalue weighted by Gasteiger charge is 2.07. The van der Waals surface area contributed by atoms with Crippen LogP contribution < -0.4 is 15.8 Å². The number of hydrogen-bond acceptors (Lipinski definition) is 3. The lowest BCUT2D eigenvalue weighted by Gasteiger charge is -2.12. The topological polar surface area (TPSA) is 81.4 Å². The van der Waals surface area contributed by atoms with Gasteiger partial charge in [0.1, 0.15) is 5.75 Å². The van der Waals surface area contributed by atoms with E-state index in [1.807, 2.05) is 32.0 Å². The lowest BCUT2D eigenvalue weighted by Crippen LogP contribution is -2.16. The van der Waals surface area contributed by atoms with Crippen LogP contribution in [0.5, 0.6) is 5.75 Å². The molecule has 120 valence electrons. The molecule has 5 nitrogen and oxygen atoms in total. The molecule has 3 N–H and O–H groups in total. The molecule has 0 bridgehead atoms. The number of para-hydroxylation sites is 1. The second kappa shape index (κ2) is 7.45. The number of carbonyl (C=O) groups excluding carboxylic acids is 2. The Hall–Kier alpha value is -2.82. The molecular weight excluding hydrogens is 292 g/mol. The first-order valence-electron chi connectivity index (χ1n) is 7.36. The molecule has 2 amide bonds.